The fourth-order valence-corrected chi connectivity index (χ4v) is 6.68. The molecule has 30 heavy (non-hydrogen) atoms. The Hall–Kier alpha value is -2.36. The smallest absolute Gasteiger partial charge is 0.266 e. The molecule has 1 unspecified atom stereocenters. The van der Waals surface area contributed by atoms with Crippen molar-refractivity contribution in [1.29, 1.82) is 0 Å². The maximum atomic E-state index is 13.2. The minimum absolute atomic E-state index is 0.0257. The van der Waals surface area contributed by atoms with Crippen LogP contribution in [0.1, 0.15) is 24.0 Å². The van der Waals surface area contributed by atoms with Crippen LogP contribution in [0.3, 0.4) is 0 Å². The highest BCUT2D eigenvalue weighted by molar-refractivity contribution is 7.89. The molecule has 0 spiro atoms. The zero-order valence-electron chi connectivity index (χ0n) is 16.9. The molecule has 1 aliphatic rings. The van der Waals surface area contributed by atoms with Gasteiger partial charge in [0.15, 0.2) is 4.80 Å². The van der Waals surface area contributed by atoms with E-state index in [1.54, 1.807) is 0 Å². The first kappa shape index (κ1) is 20.9. The van der Waals surface area contributed by atoms with Crippen LogP contribution < -0.4 is 4.80 Å². The van der Waals surface area contributed by atoms with E-state index in [1.165, 1.54) is 27.8 Å². The van der Waals surface area contributed by atoms with E-state index in [0.29, 0.717) is 17.6 Å². The summed E-state index contributed by atoms with van der Waals surface area (Å²) in [6.45, 7) is 4.26. The predicted octanol–water partition coefficient (Wildman–Crippen LogP) is 3.28. The van der Waals surface area contributed by atoms with Gasteiger partial charge in [-0.1, -0.05) is 23.5 Å². The van der Waals surface area contributed by atoms with E-state index in [9.17, 15) is 17.6 Å². The number of carbonyl (C=O) groups excluding carboxylic acids is 1. The van der Waals surface area contributed by atoms with Crippen LogP contribution in [0.15, 0.2) is 46.3 Å². The molecule has 0 N–H and O–H groups in total. The molecule has 4 rings (SSSR count). The third kappa shape index (κ3) is 3.51. The van der Waals surface area contributed by atoms with Crippen molar-refractivity contribution in [2.75, 3.05) is 6.54 Å². The van der Waals surface area contributed by atoms with Gasteiger partial charge in [-0.05, 0) is 62.1 Å². The van der Waals surface area contributed by atoms with Crippen molar-refractivity contribution < 1.29 is 17.6 Å². The average Bonchev–Trinajstić information content (AvgIpc) is 3.32. The Balaban J connectivity index is 1.72. The number of fused-ring (bicyclic) bond motifs is 1. The van der Waals surface area contributed by atoms with Crippen molar-refractivity contribution in [2.24, 2.45) is 12.0 Å². The largest absolute Gasteiger partial charge is 0.319 e. The molecule has 1 fully saturated rings. The molecular weight excluding hydrogens is 425 g/mol. The summed E-state index contributed by atoms with van der Waals surface area (Å²) >= 11 is 1.42. The van der Waals surface area contributed by atoms with Crippen molar-refractivity contribution >= 4 is 37.5 Å². The SMILES string of the molecule is Cc1ccc(C)c2c1sc(=NC(=O)C1CCCN1S(=O)(=O)c1ccc(F)cc1)n2C. The van der Waals surface area contributed by atoms with E-state index in [2.05, 4.69) is 4.99 Å². The summed E-state index contributed by atoms with van der Waals surface area (Å²) in [7, 11) is -2.05. The van der Waals surface area contributed by atoms with Gasteiger partial charge in [-0.15, -0.1) is 0 Å². The summed E-state index contributed by atoms with van der Waals surface area (Å²) in [5, 5.41) is 0. The van der Waals surface area contributed by atoms with Gasteiger partial charge in [-0.25, -0.2) is 12.8 Å². The zero-order chi connectivity index (χ0) is 21.6. The highest BCUT2D eigenvalue weighted by Crippen LogP contribution is 2.28. The second-order valence-electron chi connectivity index (χ2n) is 7.50. The minimum atomic E-state index is -3.91. The number of aromatic nitrogens is 1. The molecule has 2 heterocycles. The number of hydrogen-bond acceptors (Lipinski definition) is 4. The van der Waals surface area contributed by atoms with Crippen LogP contribution in [0.2, 0.25) is 0 Å². The topological polar surface area (TPSA) is 71.7 Å². The highest BCUT2D eigenvalue weighted by Gasteiger charge is 2.39. The van der Waals surface area contributed by atoms with Crippen LogP contribution in [-0.2, 0) is 21.9 Å². The predicted molar refractivity (Wildman–Crippen MR) is 114 cm³/mol. The summed E-state index contributed by atoms with van der Waals surface area (Å²) < 4.78 is 43.4. The van der Waals surface area contributed by atoms with E-state index in [1.807, 2.05) is 37.6 Å². The first-order valence-electron chi connectivity index (χ1n) is 9.62. The Bertz CT molecular complexity index is 1310. The van der Waals surface area contributed by atoms with Crippen LogP contribution in [0.5, 0.6) is 0 Å². The molecule has 1 saturated heterocycles. The number of halogens is 1. The Labute approximate surface area is 178 Å². The average molecular weight is 448 g/mol. The molecule has 1 amide bonds. The van der Waals surface area contributed by atoms with Crippen molar-refractivity contribution in [3.05, 3.63) is 58.1 Å². The monoisotopic (exact) mass is 447 g/mol. The van der Waals surface area contributed by atoms with Gasteiger partial charge in [0, 0.05) is 13.6 Å². The van der Waals surface area contributed by atoms with E-state index in [4.69, 9.17) is 0 Å². The number of nitrogens with zero attached hydrogens (tertiary/aromatic N) is 3. The van der Waals surface area contributed by atoms with Crippen molar-refractivity contribution in [3.63, 3.8) is 0 Å². The molecule has 0 saturated carbocycles. The first-order valence-corrected chi connectivity index (χ1v) is 11.9. The van der Waals surface area contributed by atoms with Gasteiger partial charge in [0.05, 0.1) is 15.1 Å². The molecule has 6 nitrogen and oxygen atoms in total. The molecule has 1 aromatic heterocycles. The van der Waals surface area contributed by atoms with Gasteiger partial charge in [0.25, 0.3) is 5.91 Å². The molecule has 0 radical (unpaired) electrons. The van der Waals surface area contributed by atoms with Gasteiger partial charge in [0.2, 0.25) is 10.0 Å². The molecule has 3 aromatic rings. The number of benzene rings is 2. The number of hydrogen-bond donors (Lipinski definition) is 0. The number of amides is 1. The van der Waals surface area contributed by atoms with Gasteiger partial charge >= 0.3 is 0 Å². The quantitative estimate of drug-likeness (QED) is 0.619. The van der Waals surface area contributed by atoms with Gasteiger partial charge in [0.1, 0.15) is 11.9 Å². The van der Waals surface area contributed by atoms with E-state index >= 15 is 0 Å². The molecule has 2 aromatic carbocycles. The first-order chi connectivity index (χ1) is 14.2. The molecule has 0 bridgehead atoms. The Morgan fingerprint density at radius 1 is 1.13 bits per heavy atom. The lowest BCUT2D eigenvalue weighted by Crippen LogP contribution is -2.40. The molecule has 158 valence electrons. The second kappa shape index (κ2) is 7.72. The fraction of sp³-hybridized carbons (Fsp3) is 0.333. The summed E-state index contributed by atoms with van der Waals surface area (Å²) in [6, 6.07) is 7.86. The second-order valence-corrected chi connectivity index (χ2v) is 10.4. The summed E-state index contributed by atoms with van der Waals surface area (Å²) in [5.74, 6) is -0.989. The Kier molecular flexibility index (Phi) is 5.37. The third-order valence-electron chi connectivity index (χ3n) is 5.46. The summed E-state index contributed by atoms with van der Waals surface area (Å²) in [4.78, 5) is 17.8. The molecule has 0 aliphatic carbocycles. The van der Waals surface area contributed by atoms with Crippen LogP contribution in [0, 0.1) is 19.7 Å². The molecule has 9 heteroatoms. The van der Waals surface area contributed by atoms with Crippen LogP contribution >= 0.6 is 11.3 Å². The number of sulfonamides is 1. The van der Waals surface area contributed by atoms with Crippen LogP contribution in [-0.4, -0.2) is 35.8 Å². The normalized spacial score (nSPS) is 18.4. The van der Waals surface area contributed by atoms with Crippen molar-refractivity contribution in [3.8, 4) is 0 Å². The number of aryl methyl sites for hydroxylation is 3. The lowest BCUT2D eigenvalue weighted by Gasteiger charge is -2.21. The number of rotatable bonds is 3. The number of carbonyl (C=O) groups is 1. The number of thiazole rings is 1. The lowest BCUT2D eigenvalue weighted by molar-refractivity contribution is -0.121. The van der Waals surface area contributed by atoms with Crippen LogP contribution in [0.4, 0.5) is 4.39 Å². The maximum Gasteiger partial charge on any atom is 0.266 e. The van der Waals surface area contributed by atoms with Gasteiger partial charge < -0.3 is 4.57 Å². The maximum absolute atomic E-state index is 13.2. The van der Waals surface area contributed by atoms with Crippen molar-refractivity contribution in [1.82, 2.24) is 8.87 Å². The fourth-order valence-electron chi connectivity index (χ4n) is 3.85. The molecular formula is C21H22FN3O3S2. The van der Waals surface area contributed by atoms with E-state index in [-0.39, 0.29) is 11.4 Å². The zero-order valence-corrected chi connectivity index (χ0v) is 18.6. The summed E-state index contributed by atoms with van der Waals surface area (Å²) in [6.07, 6.45) is 0.985. The highest BCUT2D eigenvalue weighted by atomic mass is 32.2. The van der Waals surface area contributed by atoms with Crippen LogP contribution in [0.25, 0.3) is 10.2 Å². The standard InChI is InChI=1S/C21H22FN3O3S2/c1-13-6-7-14(2)19-18(13)24(3)21(29-19)23-20(26)17-5-4-12-25(17)30(27,28)16-10-8-15(22)9-11-16/h6-11,17H,4-5,12H2,1-3H3. The Morgan fingerprint density at radius 3 is 2.47 bits per heavy atom. The third-order valence-corrected chi connectivity index (χ3v) is 8.65. The minimum Gasteiger partial charge on any atom is -0.319 e. The van der Waals surface area contributed by atoms with Crippen molar-refractivity contribution in [2.45, 2.75) is 37.6 Å². The van der Waals surface area contributed by atoms with E-state index in [0.717, 1.165) is 33.5 Å². The Morgan fingerprint density at radius 2 is 1.80 bits per heavy atom. The van der Waals surface area contributed by atoms with Gasteiger partial charge in [-0.3, -0.25) is 4.79 Å². The molecule has 1 aliphatic heterocycles. The van der Waals surface area contributed by atoms with Gasteiger partial charge in [-0.2, -0.15) is 9.30 Å². The lowest BCUT2D eigenvalue weighted by atomic mass is 10.1. The summed E-state index contributed by atoms with van der Waals surface area (Å²) in [5.41, 5.74) is 3.21. The molecule has 1 atom stereocenters. The van der Waals surface area contributed by atoms with E-state index < -0.39 is 27.8 Å².